The predicted molar refractivity (Wildman–Crippen MR) is 227 cm³/mol. The molecule has 0 bridgehead atoms. The number of amides is 3. The molecular weight excluding hydrogens is 805 g/mol. The lowest BCUT2D eigenvalue weighted by Gasteiger charge is -2.31. The highest BCUT2D eigenvalue weighted by Gasteiger charge is 2.56. The highest BCUT2D eigenvalue weighted by molar-refractivity contribution is 5.93. The number of fused-ring (bicyclic) bond motifs is 2. The number of hydrogen-bond acceptors (Lipinski definition) is 14. The van der Waals surface area contributed by atoms with Gasteiger partial charge in [-0.15, -0.1) is 0 Å². The summed E-state index contributed by atoms with van der Waals surface area (Å²) in [5, 5.41) is 18.4. The lowest BCUT2D eigenvalue weighted by atomic mass is 10.0. The third-order valence-electron chi connectivity index (χ3n) is 9.68. The van der Waals surface area contributed by atoms with Gasteiger partial charge in [0.05, 0.1) is 6.33 Å². The number of anilines is 1. The zero-order valence-electron chi connectivity index (χ0n) is 37.7. The van der Waals surface area contributed by atoms with E-state index in [1.54, 1.807) is 66.9 Å². The van der Waals surface area contributed by atoms with Crippen molar-refractivity contribution < 1.29 is 52.7 Å². The smallest absolute Gasteiger partial charge is 0.413 e. The Balaban J connectivity index is 1.41. The molecule has 4 heterocycles. The van der Waals surface area contributed by atoms with Crippen LogP contribution in [0, 0.1) is 0 Å². The number of nitrogens with zero attached hydrogens (tertiary/aromatic N) is 5. The Morgan fingerprint density at radius 1 is 0.806 bits per heavy atom. The van der Waals surface area contributed by atoms with Crippen LogP contribution in [0.3, 0.4) is 0 Å². The molecule has 19 heteroatoms. The number of alkyl carbamates (subject to hydrolysis) is 2. The van der Waals surface area contributed by atoms with Crippen molar-refractivity contribution in [1.29, 1.82) is 0 Å². The van der Waals surface area contributed by atoms with E-state index in [4.69, 9.17) is 28.4 Å². The number of nitrogens with one attached hydrogen (secondary N) is 3. The van der Waals surface area contributed by atoms with Gasteiger partial charge in [0.25, 0.3) is 0 Å². The number of aryl methyl sites for hydroxylation is 1. The summed E-state index contributed by atoms with van der Waals surface area (Å²) < 4.78 is 37.8. The molecule has 2 aromatic heterocycles. The summed E-state index contributed by atoms with van der Waals surface area (Å²) >= 11 is 0. The van der Waals surface area contributed by atoms with Crippen molar-refractivity contribution in [2.75, 3.05) is 25.0 Å². The van der Waals surface area contributed by atoms with E-state index in [-0.39, 0.29) is 31.4 Å². The molecule has 3 amide bonds. The van der Waals surface area contributed by atoms with Gasteiger partial charge in [-0.05, 0) is 107 Å². The minimum Gasteiger partial charge on any atom is -0.480 e. The molecule has 0 saturated carbocycles. The molecule has 5 rings (SSSR count). The summed E-state index contributed by atoms with van der Waals surface area (Å²) in [6, 6.07) is 8.36. The zero-order chi connectivity index (χ0) is 45.6. The van der Waals surface area contributed by atoms with E-state index in [9.17, 15) is 24.3 Å². The maximum Gasteiger partial charge on any atom is 0.413 e. The molecule has 2 fully saturated rings. The highest BCUT2D eigenvalue weighted by atomic mass is 16.8. The second-order valence-electron chi connectivity index (χ2n) is 19.1. The number of carbonyl (C=O) groups is 4. The Bertz CT molecular complexity index is 2010. The molecule has 342 valence electrons. The van der Waals surface area contributed by atoms with Crippen LogP contribution in [0.25, 0.3) is 11.2 Å². The summed E-state index contributed by atoms with van der Waals surface area (Å²) in [4.78, 5) is 66.2. The number of hydrogen-bond donors (Lipinski definition) is 4. The molecule has 4 N–H and O–H groups in total. The molecule has 2 saturated heterocycles. The number of ether oxygens (including phenoxy) is 6. The summed E-state index contributed by atoms with van der Waals surface area (Å²) in [6.45, 7) is 20.2. The molecule has 3 aromatic rings. The SMILES string of the molecule is CC(C)(C)OC(=O)Nc1ncnc2c1ncn2[C@@H]1O[C@H](CN(CCC(CCc2ccccc2)NC(=O)OC(C)(C)C)CC[C@H](NC(=O)OC(C)(C)C)C(=O)O)[C@H]2OC(C)(C)O[C@H]21. The van der Waals surface area contributed by atoms with Gasteiger partial charge in [-0.25, -0.2) is 34.1 Å². The number of rotatable bonds is 16. The van der Waals surface area contributed by atoms with Gasteiger partial charge in [0, 0.05) is 25.7 Å². The zero-order valence-corrected chi connectivity index (χ0v) is 37.7. The fourth-order valence-corrected chi connectivity index (χ4v) is 7.21. The summed E-state index contributed by atoms with van der Waals surface area (Å²) in [6.07, 6.45) is -0.0711. The van der Waals surface area contributed by atoms with Crippen LogP contribution < -0.4 is 16.0 Å². The molecule has 62 heavy (non-hydrogen) atoms. The molecule has 2 aliphatic heterocycles. The van der Waals surface area contributed by atoms with Crippen LogP contribution in [0.5, 0.6) is 0 Å². The largest absolute Gasteiger partial charge is 0.480 e. The van der Waals surface area contributed by atoms with E-state index in [0.717, 1.165) is 5.56 Å². The van der Waals surface area contributed by atoms with Crippen molar-refractivity contribution >= 4 is 41.2 Å². The van der Waals surface area contributed by atoms with Crippen molar-refractivity contribution in [3.8, 4) is 0 Å². The number of carbonyl (C=O) groups excluding carboxylic acids is 3. The fourth-order valence-electron chi connectivity index (χ4n) is 7.21. The van der Waals surface area contributed by atoms with Crippen molar-refractivity contribution in [1.82, 2.24) is 35.1 Å². The van der Waals surface area contributed by atoms with E-state index < -0.39 is 77.4 Å². The average Bonchev–Trinajstić information content (AvgIpc) is 3.80. The van der Waals surface area contributed by atoms with Crippen molar-refractivity contribution in [3.63, 3.8) is 0 Å². The maximum absolute atomic E-state index is 13.1. The van der Waals surface area contributed by atoms with Crippen molar-refractivity contribution in [3.05, 3.63) is 48.5 Å². The summed E-state index contributed by atoms with van der Waals surface area (Å²) in [7, 11) is 0. The highest BCUT2D eigenvalue weighted by Crippen LogP contribution is 2.44. The van der Waals surface area contributed by atoms with Gasteiger partial charge < -0.3 is 49.1 Å². The lowest BCUT2D eigenvalue weighted by Crippen LogP contribution is -2.47. The molecule has 0 radical (unpaired) electrons. The van der Waals surface area contributed by atoms with Gasteiger partial charge >= 0.3 is 24.2 Å². The van der Waals surface area contributed by atoms with Crippen molar-refractivity contribution in [2.24, 2.45) is 0 Å². The average molecular weight is 869 g/mol. The Morgan fingerprint density at radius 2 is 1.40 bits per heavy atom. The first-order valence-electron chi connectivity index (χ1n) is 21.0. The topological polar surface area (TPSA) is 227 Å². The Labute approximate surface area is 362 Å². The van der Waals surface area contributed by atoms with Gasteiger partial charge in [0.1, 0.15) is 47.5 Å². The minimum atomic E-state index is -1.27. The first-order chi connectivity index (χ1) is 28.8. The molecule has 1 aromatic carbocycles. The molecule has 19 nitrogen and oxygen atoms in total. The number of aromatic nitrogens is 4. The second-order valence-corrected chi connectivity index (χ2v) is 19.1. The van der Waals surface area contributed by atoms with E-state index in [1.807, 2.05) is 49.1 Å². The summed E-state index contributed by atoms with van der Waals surface area (Å²) in [5.41, 5.74) is -0.494. The molecule has 0 spiro atoms. The molecule has 1 unspecified atom stereocenters. The van der Waals surface area contributed by atoms with Crippen LogP contribution >= 0.6 is 0 Å². The van der Waals surface area contributed by atoms with Crippen LogP contribution in [-0.2, 0) is 39.6 Å². The Hall–Kier alpha value is -5.11. The van der Waals surface area contributed by atoms with Crippen LogP contribution in [0.2, 0.25) is 0 Å². The monoisotopic (exact) mass is 868 g/mol. The number of benzene rings is 1. The molecular formula is C43H64N8O11. The number of aliphatic carboxylic acids is 1. The molecule has 0 aliphatic carbocycles. The quantitative estimate of drug-likeness (QED) is 0.118. The Morgan fingerprint density at radius 3 is 2.03 bits per heavy atom. The number of carboxylic acid groups (broad SMARTS) is 1. The number of imidazole rings is 1. The molecule has 6 atom stereocenters. The summed E-state index contributed by atoms with van der Waals surface area (Å²) in [5.74, 6) is -2.05. The lowest BCUT2D eigenvalue weighted by molar-refractivity contribution is -0.198. The van der Waals surface area contributed by atoms with Gasteiger partial charge in [-0.3, -0.25) is 9.88 Å². The van der Waals surface area contributed by atoms with Gasteiger partial charge in [-0.2, -0.15) is 0 Å². The third-order valence-corrected chi connectivity index (χ3v) is 9.68. The van der Waals surface area contributed by atoms with Gasteiger partial charge in [0.15, 0.2) is 29.0 Å². The van der Waals surface area contributed by atoms with E-state index >= 15 is 0 Å². The van der Waals surface area contributed by atoms with Crippen molar-refractivity contribution in [2.45, 2.75) is 161 Å². The predicted octanol–water partition coefficient (Wildman–Crippen LogP) is 6.18. The first-order valence-corrected chi connectivity index (χ1v) is 21.0. The van der Waals surface area contributed by atoms with E-state index in [1.165, 1.54) is 12.7 Å². The third kappa shape index (κ3) is 14.2. The van der Waals surface area contributed by atoms with Gasteiger partial charge in [-0.1, -0.05) is 30.3 Å². The first kappa shape index (κ1) is 47.9. The van der Waals surface area contributed by atoms with E-state index in [0.29, 0.717) is 37.0 Å². The van der Waals surface area contributed by atoms with Crippen LogP contribution in [-0.4, -0.2) is 126 Å². The Kier molecular flexibility index (Phi) is 15.1. The standard InChI is InChI=1S/C43H64N8O11/c1-40(2,3)60-37(54)47-27(18-17-26-15-13-12-14-16-26)19-21-50(22-20-28(36(52)53)48-38(55)61-41(4,5)6)23-29-31-32(59-43(10,11)58-31)35(57-29)51-25-46-30-33(44-24-45-34(30)51)49-39(56)62-42(7,8)9/h12-16,24-25,27-29,31-32,35H,17-23H2,1-11H3,(H,47,54)(H,48,55)(H,52,53)(H,44,45,49,56)/t27?,28-,29+,31+,32+,35+/m0/s1. The van der Waals surface area contributed by atoms with Crippen LogP contribution in [0.4, 0.5) is 20.2 Å². The normalized spacial score (nSPS) is 20.9. The number of carboxylic acids is 1. The minimum absolute atomic E-state index is 0.0202. The van der Waals surface area contributed by atoms with Crippen LogP contribution in [0.15, 0.2) is 43.0 Å². The fraction of sp³-hybridized carbons (Fsp3) is 0.651. The second kappa shape index (κ2) is 19.5. The maximum atomic E-state index is 13.1. The van der Waals surface area contributed by atoms with E-state index in [2.05, 4.69) is 30.9 Å². The molecule has 2 aliphatic rings. The van der Waals surface area contributed by atoms with Crippen LogP contribution in [0.1, 0.15) is 107 Å². The van der Waals surface area contributed by atoms with Gasteiger partial charge in [0.2, 0.25) is 0 Å².